The maximum atomic E-state index is 10.3. The van der Waals surface area contributed by atoms with Gasteiger partial charge in [0.05, 0.1) is 13.2 Å². The van der Waals surface area contributed by atoms with Crippen molar-refractivity contribution in [2.75, 3.05) is 13.2 Å². The van der Waals surface area contributed by atoms with E-state index < -0.39 is 37.6 Å². The van der Waals surface area contributed by atoms with E-state index in [0.717, 1.165) is 11.8 Å². The summed E-state index contributed by atoms with van der Waals surface area (Å²) in [6.07, 6.45) is -5.52. The van der Waals surface area contributed by atoms with Gasteiger partial charge in [0.2, 0.25) is 0 Å². The first-order valence-corrected chi connectivity index (χ1v) is 6.74. The Morgan fingerprint density at radius 2 is 1.36 bits per heavy atom. The first-order valence-electron chi connectivity index (χ1n) is 6.74. The van der Waals surface area contributed by atoms with Gasteiger partial charge in [0.25, 0.3) is 0 Å². The summed E-state index contributed by atoms with van der Waals surface area (Å²) in [7, 11) is 0. The van der Waals surface area contributed by atoms with Gasteiger partial charge in [0.1, 0.15) is 30.7 Å². The molecule has 0 bridgehead atoms. The average molecular weight is 316 g/mol. The van der Waals surface area contributed by atoms with Crippen molar-refractivity contribution in [1.29, 1.82) is 0 Å². The lowest BCUT2D eigenvalue weighted by Gasteiger charge is -2.24. The molecular formula is C15H24O7. The molecule has 0 aromatic heterocycles. The van der Waals surface area contributed by atoms with Crippen LogP contribution in [0.1, 0.15) is 21.5 Å². The number of aliphatic hydroxyl groups excluding tert-OH is 6. The SMILES string of the molecule is Cc1ccc(C=O)cc1C.OCC(O)C(O)C(O)C(O)CO. The Bertz CT molecular complexity index is 436. The van der Waals surface area contributed by atoms with E-state index in [0.29, 0.717) is 0 Å². The van der Waals surface area contributed by atoms with Crippen LogP contribution in [0.5, 0.6) is 0 Å². The van der Waals surface area contributed by atoms with Gasteiger partial charge in [-0.05, 0) is 31.0 Å². The molecular weight excluding hydrogens is 292 g/mol. The molecule has 4 atom stereocenters. The zero-order valence-corrected chi connectivity index (χ0v) is 12.6. The number of carbonyl (C=O) groups excluding carboxylic acids is 1. The van der Waals surface area contributed by atoms with Gasteiger partial charge < -0.3 is 30.6 Å². The van der Waals surface area contributed by atoms with E-state index in [1.165, 1.54) is 11.1 Å². The fraction of sp³-hybridized carbons (Fsp3) is 0.533. The molecule has 0 heterocycles. The molecule has 0 amide bonds. The molecule has 6 N–H and O–H groups in total. The number of aldehydes is 1. The summed E-state index contributed by atoms with van der Waals surface area (Å²) < 4.78 is 0. The predicted octanol–water partition coefficient (Wildman–Crippen LogP) is -1.47. The van der Waals surface area contributed by atoms with Crippen molar-refractivity contribution in [2.24, 2.45) is 0 Å². The van der Waals surface area contributed by atoms with Crippen LogP contribution in [0.3, 0.4) is 0 Å². The molecule has 1 aromatic rings. The van der Waals surface area contributed by atoms with Crippen LogP contribution in [0.4, 0.5) is 0 Å². The number of aryl methyl sites for hydroxylation is 2. The van der Waals surface area contributed by atoms with E-state index in [2.05, 4.69) is 0 Å². The first-order chi connectivity index (χ1) is 10.3. The Morgan fingerprint density at radius 3 is 1.68 bits per heavy atom. The van der Waals surface area contributed by atoms with Gasteiger partial charge in [-0.15, -0.1) is 0 Å². The molecule has 0 aliphatic rings. The molecule has 7 nitrogen and oxygen atoms in total. The minimum Gasteiger partial charge on any atom is -0.394 e. The maximum Gasteiger partial charge on any atom is 0.150 e. The maximum absolute atomic E-state index is 10.3. The smallest absolute Gasteiger partial charge is 0.150 e. The van der Waals surface area contributed by atoms with Crippen LogP contribution in [0.15, 0.2) is 18.2 Å². The van der Waals surface area contributed by atoms with Crippen LogP contribution in [0.2, 0.25) is 0 Å². The second kappa shape index (κ2) is 10.4. The summed E-state index contributed by atoms with van der Waals surface area (Å²) in [4.78, 5) is 10.3. The fourth-order valence-electron chi connectivity index (χ4n) is 1.51. The Kier molecular flexibility index (Phi) is 9.75. The highest BCUT2D eigenvalue weighted by atomic mass is 16.4. The standard InChI is InChI=1S/C9H10O.C6H14O6/c1-7-3-4-9(6-10)5-8(7)2;7-1-3(9)5(11)6(12)4(10)2-8/h3-6H,1-2H3;3-12H,1-2H2. The van der Waals surface area contributed by atoms with E-state index in [-0.39, 0.29) is 0 Å². The fourth-order valence-corrected chi connectivity index (χ4v) is 1.51. The molecule has 0 saturated carbocycles. The van der Waals surface area contributed by atoms with E-state index in [1.54, 1.807) is 0 Å². The van der Waals surface area contributed by atoms with Gasteiger partial charge in [0.15, 0.2) is 0 Å². The Hall–Kier alpha value is -1.35. The Balaban J connectivity index is 0.000000406. The van der Waals surface area contributed by atoms with Crippen LogP contribution < -0.4 is 0 Å². The highest BCUT2D eigenvalue weighted by Crippen LogP contribution is 2.07. The van der Waals surface area contributed by atoms with Gasteiger partial charge in [-0.3, -0.25) is 4.79 Å². The predicted molar refractivity (Wildman–Crippen MR) is 79.5 cm³/mol. The van der Waals surface area contributed by atoms with E-state index >= 15 is 0 Å². The van der Waals surface area contributed by atoms with Crippen LogP contribution in [0.25, 0.3) is 0 Å². The normalized spacial score (nSPS) is 16.0. The highest BCUT2D eigenvalue weighted by molar-refractivity contribution is 5.75. The molecule has 7 heteroatoms. The van der Waals surface area contributed by atoms with Crippen molar-refractivity contribution in [1.82, 2.24) is 0 Å². The lowest BCUT2D eigenvalue weighted by Crippen LogP contribution is -2.46. The molecule has 0 spiro atoms. The highest BCUT2D eigenvalue weighted by Gasteiger charge is 2.29. The quantitative estimate of drug-likeness (QED) is 0.352. The van der Waals surface area contributed by atoms with Crippen molar-refractivity contribution in [3.8, 4) is 0 Å². The number of carbonyl (C=O) groups is 1. The third-order valence-corrected chi connectivity index (χ3v) is 3.18. The lowest BCUT2D eigenvalue weighted by molar-refractivity contribution is -0.123. The number of benzene rings is 1. The van der Waals surface area contributed by atoms with Gasteiger partial charge in [-0.1, -0.05) is 12.1 Å². The molecule has 0 fully saturated rings. The van der Waals surface area contributed by atoms with Gasteiger partial charge in [-0.2, -0.15) is 0 Å². The molecule has 1 rings (SSSR count). The van der Waals surface area contributed by atoms with Gasteiger partial charge >= 0.3 is 0 Å². The molecule has 1 aromatic carbocycles. The topological polar surface area (TPSA) is 138 Å². The second-order valence-electron chi connectivity index (χ2n) is 4.94. The van der Waals surface area contributed by atoms with Crippen molar-refractivity contribution < 1.29 is 35.4 Å². The third-order valence-electron chi connectivity index (χ3n) is 3.18. The minimum absolute atomic E-state index is 0.726. The minimum atomic E-state index is -1.67. The average Bonchev–Trinajstić information content (AvgIpc) is 2.54. The molecule has 126 valence electrons. The van der Waals surface area contributed by atoms with Crippen LogP contribution in [-0.4, -0.2) is 74.6 Å². The van der Waals surface area contributed by atoms with E-state index in [1.807, 2.05) is 32.0 Å². The zero-order chi connectivity index (χ0) is 17.3. The lowest BCUT2D eigenvalue weighted by atomic mass is 10.0. The van der Waals surface area contributed by atoms with Crippen molar-refractivity contribution in [3.05, 3.63) is 34.9 Å². The molecule has 0 aliphatic heterocycles. The number of hydrogen-bond acceptors (Lipinski definition) is 7. The summed E-state index contributed by atoms with van der Waals surface area (Å²) in [5.74, 6) is 0. The molecule has 0 aliphatic carbocycles. The van der Waals surface area contributed by atoms with Gasteiger partial charge in [-0.25, -0.2) is 0 Å². The summed E-state index contributed by atoms with van der Waals surface area (Å²) in [5, 5.41) is 52.2. The largest absolute Gasteiger partial charge is 0.394 e. The summed E-state index contributed by atoms with van der Waals surface area (Å²) in [6.45, 7) is 2.58. The van der Waals surface area contributed by atoms with Crippen LogP contribution in [-0.2, 0) is 0 Å². The van der Waals surface area contributed by atoms with E-state index in [4.69, 9.17) is 30.6 Å². The second-order valence-corrected chi connectivity index (χ2v) is 4.94. The molecule has 0 saturated heterocycles. The van der Waals surface area contributed by atoms with Crippen LogP contribution >= 0.6 is 0 Å². The summed E-state index contributed by atoms with van der Waals surface area (Å²) >= 11 is 0. The van der Waals surface area contributed by atoms with Crippen molar-refractivity contribution in [2.45, 2.75) is 38.3 Å². The Labute approximate surface area is 129 Å². The number of hydrogen-bond donors (Lipinski definition) is 6. The first kappa shape index (κ1) is 20.6. The summed E-state index contributed by atoms with van der Waals surface area (Å²) in [5.41, 5.74) is 3.15. The van der Waals surface area contributed by atoms with E-state index in [9.17, 15) is 4.79 Å². The molecule has 22 heavy (non-hydrogen) atoms. The zero-order valence-electron chi connectivity index (χ0n) is 12.6. The molecule has 0 radical (unpaired) electrons. The van der Waals surface area contributed by atoms with Crippen LogP contribution in [0, 0.1) is 13.8 Å². The third kappa shape index (κ3) is 6.61. The Morgan fingerprint density at radius 1 is 0.909 bits per heavy atom. The monoisotopic (exact) mass is 316 g/mol. The van der Waals surface area contributed by atoms with Gasteiger partial charge in [0, 0.05) is 5.56 Å². The molecule has 4 unspecified atom stereocenters. The number of rotatable bonds is 6. The van der Waals surface area contributed by atoms with Crippen molar-refractivity contribution in [3.63, 3.8) is 0 Å². The number of aliphatic hydroxyl groups is 6. The van der Waals surface area contributed by atoms with Crippen molar-refractivity contribution >= 4 is 6.29 Å². The summed E-state index contributed by atoms with van der Waals surface area (Å²) in [6, 6.07) is 5.68.